The quantitative estimate of drug-likeness (QED) is 0.809. The van der Waals surface area contributed by atoms with Crippen molar-refractivity contribution in [3.05, 3.63) is 0 Å². The smallest absolute Gasteiger partial charge is 0.320 e. The zero-order valence-corrected chi connectivity index (χ0v) is 11.9. The summed E-state index contributed by atoms with van der Waals surface area (Å²) in [6, 6.07) is 0.171. The highest BCUT2D eigenvalue weighted by Crippen LogP contribution is 2.41. The molecule has 2 aliphatic rings. The van der Waals surface area contributed by atoms with E-state index in [1.807, 2.05) is 0 Å². The van der Waals surface area contributed by atoms with Crippen molar-refractivity contribution in [3.8, 4) is 0 Å². The molecule has 0 spiro atoms. The number of aliphatic carboxylic acids is 1. The molecule has 3 heteroatoms. The van der Waals surface area contributed by atoms with Crippen molar-refractivity contribution < 1.29 is 9.90 Å². The van der Waals surface area contributed by atoms with Crippen molar-refractivity contribution in [2.75, 3.05) is 0 Å². The average Bonchev–Trinajstić information content (AvgIpc) is 3.08. The van der Waals surface area contributed by atoms with Crippen LogP contribution >= 0.6 is 0 Å². The zero-order chi connectivity index (χ0) is 13.3. The molecule has 0 aromatic heterocycles. The highest BCUT2D eigenvalue weighted by molar-refractivity contribution is 5.74. The zero-order valence-electron chi connectivity index (χ0n) is 11.9. The van der Waals surface area contributed by atoms with Crippen molar-refractivity contribution in [1.29, 1.82) is 0 Å². The second-order valence-electron chi connectivity index (χ2n) is 7.23. The van der Waals surface area contributed by atoms with Crippen molar-refractivity contribution in [2.45, 2.75) is 71.4 Å². The lowest BCUT2D eigenvalue weighted by atomic mass is 9.68. The maximum atomic E-state index is 11.4. The molecule has 0 radical (unpaired) electrons. The molecule has 18 heavy (non-hydrogen) atoms. The lowest BCUT2D eigenvalue weighted by Gasteiger charge is -2.38. The van der Waals surface area contributed by atoms with Gasteiger partial charge in [0.1, 0.15) is 6.04 Å². The highest BCUT2D eigenvalue weighted by atomic mass is 16.4. The summed E-state index contributed by atoms with van der Waals surface area (Å²) in [5, 5.41) is 12.7. The van der Waals surface area contributed by atoms with E-state index in [9.17, 15) is 9.90 Å². The molecule has 2 N–H and O–H groups in total. The van der Waals surface area contributed by atoms with Gasteiger partial charge in [-0.05, 0) is 55.8 Å². The van der Waals surface area contributed by atoms with Crippen LogP contribution in [0, 0.1) is 17.3 Å². The highest BCUT2D eigenvalue weighted by Gasteiger charge is 2.37. The van der Waals surface area contributed by atoms with Crippen LogP contribution in [0.2, 0.25) is 0 Å². The van der Waals surface area contributed by atoms with Crippen molar-refractivity contribution >= 4 is 5.97 Å². The maximum Gasteiger partial charge on any atom is 0.320 e. The molecule has 1 atom stereocenters. The van der Waals surface area contributed by atoms with Gasteiger partial charge in [-0.25, -0.2) is 0 Å². The Labute approximate surface area is 110 Å². The predicted octanol–water partition coefficient (Wildman–Crippen LogP) is 3.04. The van der Waals surface area contributed by atoms with E-state index in [4.69, 9.17) is 0 Å². The Bertz CT molecular complexity index is 296. The lowest BCUT2D eigenvalue weighted by Crippen LogP contribution is -2.45. The first-order valence-corrected chi connectivity index (χ1v) is 7.37. The van der Waals surface area contributed by atoms with Gasteiger partial charge in [0.25, 0.3) is 0 Å². The largest absolute Gasteiger partial charge is 0.480 e. The van der Waals surface area contributed by atoms with Gasteiger partial charge in [-0.1, -0.05) is 20.8 Å². The second-order valence-corrected chi connectivity index (χ2v) is 7.23. The van der Waals surface area contributed by atoms with Crippen LogP contribution in [0.1, 0.15) is 59.3 Å². The number of hydrogen-bond donors (Lipinski definition) is 2. The molecule has 2 aliphatic carbocycles. The molecule has 0 aromatic carbocycles. The number of nitrogens with one attached hydrogen (secondary N) is 1. The van der Waals surface area contributed by atoms with Crippen LogP contribution in [0.4, 0.5) is 0 Å². The number of rotatable bonds is 4. The summed E-state index contributed by atoms with van der Waals surface area (Å²) in [5.74, 6) is 0.437. The van der Waals surface area contributed by atoms with Crippen LogP contribution in [0.3, 0.4) is 0 Å². The van der Waals surface area contributed by atoms with Gasteiger partial charge in [-0.3, -0.25) is 4.79 Å². The first kappa shape index (κ1) is 13.9. The summed E-state index contributed by atoms with van der Waals surface area (Å²) in [6.45, 7) is 6.90. The van der Waals surface area contributed by atoms with Crippen LogP contribution in [-0.2, 0) is 4.79 Å². The Hall–Kier alpha value is -0.570. The van der Waals surface area contributed by atoms with Gasteiger partial charge in [0.05, 0.1) is 0 Å². The lowest BCUT2D eigenvalue weighted by molar-refractivity contribution is -0.141. The van der Waals surface area contributed by atoms with Crippen LogP contribution in [-0.4, -0.2) is 23.2 Å². The van der Waals surface area contributed by atoms with Gasteiger partial charge in [-0.2, -0.15) is 0 Å². The summed E-state index contributed by atoms with van der Waals surface area (Å²) in [6.07, 6.45) is 6.81. The van der Waals surface area contributed by atoms with Crippen LogP contribution in [0.25, 0.3) is 0 Å². The molecule has 2 rings (SSSR count). The molecule has 0 heterocycles. The minimum atomic E-state index is -0.652. The molecule has 0 aromatic rings. The molecule has 0 saturated heterocycles. The standard InChI is InChI=1S/C15H27NO2/c1-15(2,3)11-6-4-10(5-7-11)13(14(17)18)16-12-8-9-12/h10-13,16H,4-9H2,1-3H3,(H,17,18). The van der Waals surface area contributed by atoms with Gasteiger partial charge in [0, 0.05) is 6.04 Å². The molecular formula is C15H27NO2. The number of carboxylic acids is 1. The fraction of sp³-hybridized carbons (Fsp3) is 0.933. The van der Waals surface area contributed by atoms with Crippen LogP contribution < -0.4 is 5.32 Å². The SMILES string of the molecule is CC(C)(C)C1CCC(C(NC2CC2)C(=O)O)CC1. The first-order chi connectivity index (χ1) is 8.38. The fourth-order valence-corrected chi connectivity index (χ4v) is 3.23. The molecular weight excluding hydrogens is 226 g/mol. The summed E-state index contributed by atoms with van der Waals surface area (Å²) in [4.78, 5) is 11.4. The predicted molar refractivity (Wildman–Crippen MR) is 72.5 cm³/mol. The minimum absolute atomic E-state index is 0.307. The summed E-state index contributed by atoms with van der Waals surface area (Å²) in [5.41, 5.74) is 0.369. The Morgan fingerprint density at radius 3 is 2.06 bits per heavy atom. The molecule has 104 valence electrons. The van der Waals surface area contributed by atoms with E-state index in [-0.39, 0.29) is 6.04 Å². The van der Waals surface area contributed by atoms with Crippen LogP contribution in [0.15, 0.2) is 0 Å². The Kier molecular flexibility index (Phi) is 4.00. The van der Waals surface area contributed by atoms with Gasteiger partial charge < -0.3 is 10.4 Å². The van der Waals surface area contributed by atoms with E-state index in [0.29, 0.717) is 17.4 Å². The molecule has 0 aliphatic heterocycles. The summed E-state index contributed by atoms with van der Waals surface area (Å²) < 4.78 is 0. The van der Waals surface area contributed by atoms with E-state index in [1.165, 1.54) is 12.8 Å². The average molecular weight is 253 g/mol. The Balaban J connectivity index is 1.88. The normalized spacial score (nSPS) is 31.1. The Morgan fingerprint density at radius 1 is 1.11 bits per heavy atom. The topological polar surface area (TPSA) is 49.3 Å². The van der Waals surface area contributed by atoms with Crippen molar-refractivity contribution in [1.82, 2.24) is 5.32 Å². The molecule has 0 amide bonds. The Morgan fingerprint density at radius 2 is 1.67 bits per heavy atom. The van der Waals surface area contributed by atoms with E-state index in [0.717, 1.165) is 31.6 Å². The molecule has 0 bridgehead atoms. The monoisotopic (exact) mass is 253 g/mol. The molecule has 3 nitrogen and oxygen atoms in total. The fourth-order valence-electron chi connectivity index (χ4n) is 3.23. The third kappa shape index (κ3) is 3.47. The third-order valence-corrected chi connectivity index (χ3v) is 4.73. The van der Waals surface area contributed by atoms with E-state index < -0.39 is 5.97 Å². The molecule has 2 fully saturated rings. The van der Waals surface area contributed by atoms with Crippen LogP contribution in [0.5, 0.6) is 0 Å². The van der Waals surface area contributed by atoms with Gasteiger partial charge in [0.15, 0.2) is 0 Å². The second kappa shape index (κ2) is 5.20. The number of carbonyl (C=O) groups is 1. The number of carboxylic acid groups (broad SMARTS) is 1. The summed E-state index contributed by atoms with van der Waals surface area (Å²) >= 11 is 0. The van der Waals surface area contributed by atoms with Gasteiger partial charge in [0.2, 0.25) is 0 Å². The first-order valence-electron chi connectivity index (χ1n) is 7.37. The maximum absolute atomic E-state index is 11.4. The molecule has 1 unspecified atom stereocenters. The van der Waals surface area contributed by atoms with Gasteiger partial charge >= 0.3 is 5.97 Å². The van der Waals surface area contributed by atoms with Crippen molar-refractivity contribution in [3.63, 3.8) is 0 Å². The third-order valence-electron chi connectivity index (χ3n) is 4.73. The van der Waals surface area contributed by atoms with E-state index in [2.05, 4.69) is 26.1 Å². The van der Waals surface area contributed by atoms with Crippen molar-refractivity contribution in [2.24, 2.45) is 17.3 Å². The van der Waals surface area contributed by atoms with Gasteiger partial charge in [-0.15, -0.1) is 0 Å². The van der Waals surface area contributed by atoms with E-state index in [1.54, 1.807) is 0 Å². The van der Waals surface area contributed by atoms with E-state index >= 15 is 0 Å². The number of hydrogen-bond acceptors (Lipinski definition) is 2. The summed E-state index contributed by atoms with van der Waals surface area (Å²) in [7, 11) is 0. The molecule has 2 saturated carbocycles. The minimum Gasteiger partial charge on any atom is -0.480 e.